The minimum atomic E-state index is -0.251. The average molecular weight is 535 g/mol. The lowest BCUT2D eigenvalue weighted by Gasteiger charge is -2.33. The number of aromatic nitrogens is 1. The van der Waals surface area contributed by atoms with Gasteiger partial charge in [0.2, 0.25) is 0 Å². The van der Waals surface area contributed by atoms with Gasteiger partial charge in [0.1, 0.15) is 24.2 Å². The fourth-order valence-corrected chi connectivity index (χ4v) is 5.42. The number of rotatable bonds is 7. The summed E-state index contributed by atoms with van der Waals surface area (Å²) in [5, 5.41) is 4.51. The Morgan fingerprint density at radius 3 is 2.88 bits per heavy atom. The highest BCUT2D eigenvalue weighted by atomic mass is 79.9. The Labute approximate surface area is 205 Å². The van der Waals surface area contributed by atoms with Gasteiger partial charge in [-0.15, -0.1) is 0 Å². The van der Waals surface area contributed by atoms with E-state index in [2.05, 4.69) is 26.2 Å². The number of nitrogens with zero attached hydrogens (tertiary/aromatic N) is 2. The van der Waals surface area contributed by atoms with Gasteiger partial charge in [-0.25, -0.2) is 4.79 Å². The van der Waals surface area contributed by atoms with Crippen LogP contribution in [0.5, 0.6) is 5.75 Å². The number of benzene rings is 1. The summed E-state index contributed by atoms with van der Waals surface area (Å²) < 4.78 is 11.6. The third-order valence-electron chi connectivity index (χ3n) is 6.61. The first kappa shape index (κ1) is 22.5. The molecule has 33 heavy (non-hydrogen) atoms. The highest BCUT2D eigenvalue weighted by Crippen LogP contribution is 2.51. The lowest BCUT2D eigenvalue weighted by atomic mass is 10.0. The van der Waals surface area contributed by atoms with Gasteiger partial charge >= 0.3 is 6.09 Å². The molecule has 2 aromatic rings. The Morgan fingerprint density at radius 1 is 1.30 bits per heavy atom. The first-order valence-electron chi connectivity index (χ1n) is 11.2. The molecular formula is C24H25BrClN3O4. The van der Waals surface area contributed by atoms with Crippen molar-refractivity contribution in [1.82, 2.24) is 15.2 Å². The van der Waals surface area contributed by atoms with Crippen LogP contribution in [0.2, 0.25) is 5.02 Å². The highest BCUT2D eigenvalue weighted by Gasteiger charge is 2.42. The molecule has 3 aliphatic rings. The SMILES string of the molecule is O=C(NCc1ccc(Cl)cc1)c1cc(O[C@H]2CCN3C(=O)OC[C@@H]3C2)c(C2CC2CBr)cn1. The molecule has 2 unspecified atom stereocenters. The number of hydrogen-bond acceptors (Lipinski definition) is 5. The van der Waals surface area contributed by atoms with Crippen LogP contribution in [-0.4, -0.2) is 52.5 Å². The predicted molar refractivity (Wildman–Crippen MR) is 127 cm³/mol. The number of nitrogens with one attached hydrogen (secondary N) is 1. The number of piperidine rings is 1. The maximum absolute atomic E-state index is 12.8. The monoisotopic (exact) mass is 533 g/mol. The van der Waals surface area contributed by atoms with Gasteiger partial charge < -0.3 is 19.7 Å². The second kappa shape index (κ2) is 9.50. The maximum atomic E-state index is 12.8. The van der Waals surface area contributed by atoms with Crippen molar-refractivity contribution in [2.45, 2.75) is 43.9 Å². The van der Waals surface area contributed by atoms with Gasteiger partial charge in [-0.1, -0.05) is 39.7 Å². The van der Waals surface area contributed by atoms with Crippen LogP contribution >= 0.6 is 27.5 Å². The fraction of sp³-hybridized carbons (Fsp3) is 0.458. The van der Waals surface area contributed by atoms with Crippen molar-refractivity contribution in [3.63, 3.8) is 0 Å². The van der Waals surface area contributed by atoms with Crippen LogP contribution in [0.3, 0.4) is 0 Å². The summed E-state index contributed by atoms with van der Waals surface area (Å²) >= 11 is 9.50. The van der Waals surface area contributed by atoms with Gasteiger partial charge in [0.15, 0.2) is 0 Å². The summed E-state index contributed by atoms with van der Waals surface area (Å²) in [5.41, 5.74) is 2.34. The molecule has 2 aliphatic heterocycles. The van der Waals surface area contributed by atoms with Gasteiger partial charge in [0.05, 0.1) is 6.04 Å². The minimum absolute atomic E-state index is 0.0342. The molecule has 7 nitrogen and oxygen atoms in total. The molecule has 1 aliphatic carbocycles. The highest BCUT2D eigenvalue weighted by molar-refractivity contribution is 9.09. The van der Waals surface area contributed by atoms with Crippen LogP contribution in [-0.2, 0) is 11.3 Å². The molecular weight excluding hydrogens is 510 g/mol. The molecule has 5 rings (SSSR count). The smallest absolute Gasteiger partial charge is 0.410 e. The number of pyridine rings is 1. The molecule has 1 aromatic carbocycles. The van der Waals surface area contributed by atoms with E-state index in [4.69, 9.17) is 21.1 Å². The third kappa shape index (κ3) is 4.96. The number of fused-ring (bicyclic) bond motifs is 1. The second-order valence-corrected chi connectivity index (χ2v) is 9.95. The molecule has 4 atom stereocenters. The topological polar surface area (TPSA) is 80.8 Å². The Balaban J connectivity index is 1.30. The summed E-state index contributed by atoms with van der Waals surface area (Å²) in [5.74, 6) is 1.41. The summed E-state index contributed by atoms with van der Waals surface area (Å²) in [7, 11) is 0. The van der Waals surface area contributed by atoms with E-state index < -0.39 is 0 Å². The van der Waals surface area contributed by atoms with Crippen LogP contribution < -0.4 is 10.1 Å². The number of alkyl halides is 1. The van der Waals surface area contributed by atoms with Crippen molar-refractivity contribution in [3.8, 4) is 5.75 Å². The molecule has 9 heteroatoms. The van der Waals surface area contributed by atoms with Crippen molar-refractivity contribution in [3.05, 3.63) is 58.4 Å². The quantitative estimate of drug-likeness (QED) is 0.528. The average Bonchev–Trinajstić information content (AvgIpc) is 3.53. The molecule has 0 radical (unpaired) electrons. The molecule has 3 fully saturated rings. The van der Waals surface area contributed by atoms with Crippen LogP contribution in [0.15, 0.2) is 36.5 Å². The molecule has 1 N–H and O–H groups in total. The van der Waals surface area contributed by atoms with Crippen molar-refractivity contribution in [1.29, 1.82) is 0 Å². The van der Waals surface area contributed by atoms with E-state index in [9.17, 15) is 9.59 Å². The predicted octanol–water partition coefficient (Wildman–Crippen LogP) is 4.53. The number of cyclic esters (lactones) is 1. The number of carbonyl (C=O) groups excluding carboxylic acids is 2. The lowest BCUT2D eigenvalue weighted by molar-refractivity contribution is 0.0907. The molecule has 174 valence electrons. The van der Waals surface area contributed by atoms with Gasteiger partial charge in [-0.2, -0.15) is 0 Å². The lowest BCUT2D eigenvalue weighted by Crippen LogP contribution is -2.44. The zero-order valence-electron chi connectivity index (χ0n) is 18.0. The van der Waals surface area contributed by atoms with E-state index in [0.29, 0.717) is 42.2 Å². The van der Waals surface area contributed by atoms with E-state index >= 15 is 0 Å². The number of halogens is 2. The number of hydrogen-bond donors (Lipinski definition) is 1. The molecule has 1 saturated carbocycles. The van der Waals surface area contributed by atoms with Gasteiger partial charge in [0, 0.05) is 54.1 Å². The first-order valence-corrected chi connectivity index (χ1v) is 12.7. The molecule has 1 aromatic heterocycles. The van der Waals surface area contributed by atoms with E-state index in [1.165, 1.54) is 0 Å². The van der Waals surface area contributed by atoms with Crippen molar-refractivity contribution in [2.75, 3.05) is 18.5 Å². The van der Waals surface area contributed by atoms with Gasteiger partial charge in [-0.05, 0) is 36.0 Å². The number of ether oxygens (including phenoxy) is 2. The van der Waals surface area contributed by atoms with Crippen molar-refractivity contribution >= 4 is 39.5 Å². The Bertz CT molecular complexity index is 1050. The zero-order valence-corrected chi connectivity index (χ0v) is 20.3. The van der Waals surface area contributed by atoms with Crippen LogP contribution in [0.1, 0.15) is 46.8 Å². The third-order valence-corrected chi connectivity index (χ3v) is 7.69. The normalized spacial score (nSPS) is 25.9. The number of amides is 2. The van der Waals surface area contributed by atoms with E-state index in [1.807, 2.05) is 12.1 Å². The van der Waals surface area contributed by atoms with Gasteiger partial charge in [0.25, 0.3) is 5.91 Å². The standard InChI is InChI=1S/C24H25BrClN3O4/c25-10-15-7-19(15)20-12-27-21(23(30)28-11-14-1-3-16(26)4-2-14)9-22(20)33-18-5-6-29-17(8-18)13-32-24(29)31/h1-4,9,12,15,17-19H,5-8,10-11,13H2,(H,28,30)/t15?,17-,18-,19?/m0/s1. The fourth-order valence-electron chi connectivity index (χ4n) is 4.58. The Morgan fingerprint density at radius 2 is 2.12 bits per heavy atom. The zero-order chi connectivity index (χ0) is 22.9. The Hall–Kier alpha value is -2.32. The largest absolute Gasteiger partial charge is 0.490 e. The van der Waals surface area contributed by atoms with E-state index in [-0.39, 0.29) is 24.1 Å². The van der Waals surface area contributed by atoms with Crippen LogP contribution in [0.4, 0.5) is 4.79 Å². The minimum Gasteiger partial charge on any atom is -0.490 e. The first-order chi connectivity index (χ1) is 16.0. The van der Waals surface area contributed by atoms with Crippen molar-refractivity contribution < 1.29 is 19.1 Å². The van der Waals surface area contributed by atoms with Crippen LogP contribution in [0.25, 0.3) is 0 Å². The van der Waals surface area contributed by atoms with Crippen LogP contribution in [0, 0.1) is 5.92 Å². The maximum Gasteiger partial charge on any atom is 0.410 e. The van der Waals surface area contributed by atoms with Gasteiger partial charge in [-0.3, -0.25) is 9.78 Å². The summed E-state index contributed by atoms with van der Waals surface area (Å²) in [4.78, 5) is 30.8. The molecule has 3 heterocycles. The second-order valence-electron chi connectivity index (χ2n) is 8.86. The number of carbonyl (C=O) groups is 2. The molecule has 0 spiro atoms. The Kier molecular flexibility index (Phi) is 6.47. The molecule has 2 saturated heterocycles. The summed E-state index contributed by atoms with van der Waals surface area (Å²) in [6, 6.07) is 9.17. The summed E-state index contributed by atoms with van der Waals surface area (Å²) in [6.45, 7) is 1.42. The van der Waals surface area contributed by atoms with Crippen molar-refractivity contribution in [2.24, 2.45) is 5.92 Å². The van der Waals surface area contributed by atoms with E-state index in [1.54, 1.807) is 29.3 Å². The molecule has 2 amide bonds. The van der Waals surface area contributed by atoms with E-state index in [0.717, 1.165) is 41.5 Å². The molecule has 0 bridgehead atoms. The summed E-state index contributed by atoms with van der Waals surface area (Å²) in [6.07, 6.45) is 4.05.